The van der Waals surface area contributed by atoms with Crippen LogP contribution in [-0.2, 0) is 11.0 Å². The zero-order valence-corrected chi connectivity index (χ0v) is 8.16. The summed E-state index contributed by atoms with van der Waals surface area (Å²) in [5.74, 6) is -2.18. The highest BCUT2D eigenvalue weighted by Crippen LogP contribution is 2.50. The maximum Gasteiger partial charge on any atom is 0.416 e. The van der Waals surface area contributed by atoms with Crippen LogP contribution in [0.15, 0.2) is 24.3 Å². The van der Waals surface area contributed by atoms with E-state index in [4.69, 9.17) is 5.11 Å². The molecule has 1 aliphatic rings. The average molecular weight is 230 g/mol. The van der Waals surface area contributed by atoms with Crippen LogP contribution in [0, 0.1) is 5.92 Å². The smallest absolute Gasteiger partial charge is 0.416 e. The SMILES string of the molecule is O=C(O)[C@H]1C[C@H]1c1ccccc1C(F)(F)F. The predicted molar refractivity (Wildman–Crippen MR) is 49.9 cm³/mol. The minimum atomic E-state index is -4.41. The van der Waals surface area contributed by atoms with Crippen LogP contribution in [0.2, 0.25) is 0 Å². The van der Waals surface area contributed by atoms with Crippen molar-refractivity contribution in [2.24, 2.45) is 5.92 Å². The van der Waals surface area contributed by atoms with Gasteiger partial charge in [-0.1, -0.05) is 18.2 Å². The maximum atomic E-state index is 12.6. The molecule has 16 heavy (non-hydrogen) atoms. The van der Waals surface area contributed by atoms with Gasteiger partial charge < -0.3 is 5.11 Å². The molecule has 1 aliphatic carbocycles. The summed E-state index contributed by atoms with van der Waals surface area (Å²) in [6.45, 7) is 0. The molecule has 1 aromatic rings. The highest BCUT2D eigenvalue weighted by Gasteiger charge is 2.47. The van der Waals surface area contributed by atoms with E-state index >= 15 is 0 Å². The monoisotopic (exact) mass is 230 g/mol. The van der Waals surface area contributed by atoms with Gasteiger partial charge >= 0.3 is 12.1 Å². The van der Waals surface area contributed by atoms with Crippen LogP contribution in [0.5, 0.6) is 0 Å². The van der Waals surface area contributed by atoms with Gasteiger partial charge in [-0.15, -0.1) is 0 Å². The van der Waals surface area contributed by atoms with E-state index in [9.17, 15) is 18.0 Å². The molecule has 5 heteroatoms. The highest BCUT2D eigenvalue weighted by atomic mass is 19.4. The number of carboxylic acids is 1. The fourth-order valence-electron chi connectivity index (χ4n) is 1.89. The molecular formula is C11H9F3O2. The van der Waals surface area contributed by atoms with Gasteiger partial charge in [-0.2, -0.15) is 13.2 Å². The third-order valence-electron chi connectivity index (χ3n) is 2.77. The second kappa shape index (κ2) is 3.50. The third kappa shape index (κ3) is 1.89. The summed E-state index contributed by atoms with van der Waals surface area (Å²) in [5, 5.41) is 8.70. The molecule has 0 aliphatic heterocycles. The zero-order chi connectivity index (χ0) is 11.9. The van der Waals surface area contributed by atoms with E-state index in [0.717, 1.165) is 6.07 Å². The van der Waals surface area contributed by atoms with Crippen LogP contribution in [-0.4, -0.2) is 11.1 Å². The van der Waals surface area contributed by atoms with Gasteiger partial charge in [-0.25, -0.2) is 0 Å². The number of alkyl halides is 3. The van der Waals surface area contributed by atoms with Crippen LogP contribution in [0.1, 0.15) is 23.5 Å². The van der Waals surface area contributed by atoms with E-state index in [1.54, 1.807) is 0 Å². The van der Waals surface area contributed by atoms with Gasteiger partial charge in [0.2, 0.25) is 0 Å². The van der Waals surface area contributed by atoms with Gasteiger partial charge in [-0.3, -0.25) is 4.79 Å². The molecule has 0 aromatic heterocycles. The summed E-state index contributed by atoms with van der Waals surface area (Å²) in [6.07, 6.45) is -4.12. The Bertz CT molecular complexity index is 425. The van der Waals surface area contributed by atoms with Gasteiger partial charge in [0.05, 0.1) is 11.5 Å². The van der Waals surface area contributed by atoms with E-state index in [0.29, 0.717) is 6.42 Å². The molecule has 1 saturated carbocycles. The molecule has 0 spiro atoms. The van der Waals surface area contributed by atoms with E-state index in [2.05, 4.69) is 0 Å². The molecule has 0 heterocycles. The molecule has 2 rings (SSSR count). The Morgan fingerprint density at radius 2 is 1.94 bits per heavy atom. The summed E-state index contributed by atoms with van der Waals surface area (Å²) in [7, 11) is 0. The van der Waals surface area contributed by atoms with E-state index < -0.39 is 29.5 Å². The molecule has 0 unspecified atom stereocenters. The molecule has 1 N–H and O–H groups in total. The second-order valence-corrected chi connectivity index (χ2v) is 3.87. The van der Waals surface area contributed by atoms with Gasteiger partial charge in [0, 0.05) is 0 Å². The fraction of sp³-hybridized carbons (Fsp3) is 0.364. The first-order chi connectivity index (χ1) is 7.41. The first kappa shape index (κ1) is 11.0. The number of hydrogen-bond donors (Lipinski definition) is 1. The van der Waals surface area contributed by atoms with Crippen LogP contribution in [0.3, 0.4) is 0 Å². The van der Waals surface area contributed by atoms with Gasteiger partial charge in [0.15, 0.2) is 0 Å². The minimum Gasteiger partial charge on any atom is -0.481 e. The molecule has 0 amide bonds. The Morgan fingerprint density at radius 1 is 1.31 bits per heavy atom. The Balaban J connectivity index is 2.33. The summed E-state index contributed by atoms with van der Waals surface area (Å²) in [4.78, 5) is 10.6. The quantitative estimate of drug-likeness (QED) is 0.848. The van der Waals surface area contributed by atoms with Crippen molar-refractivity contribution in [1.82, 2.24) is 0 Å². The lowest BCUT2D eigenvalue weighted by Gasteiger charge is -2.11. The maximum absolute atomic E-state index is 12.6. The Kier molecular flexibility index (Phi) is 2.40. The van der Waals surface area contributed by atoms with Gasteiger partial charge in [0.1, 0.15) is 0 Å². The van der Waals surface area contributed by atoms with E-state index in [-0.39, 0.29) is 5.56 Å². The van der Waals surface area contributed by atoms with Crippen molar-refractivity contribution < 1.29 is 23.1 Å². The highest BCUT2D eigenvalue weighted by molar-refractivity contribution is 5.75. The molecule has 0 saturated heterocycles. The fourth-order valence-corrected chi connectivity index (χ4v) is 1.89. The molecule has 0 bridgehead atoms. The molecule has 1 aromatic carbocycles. The summed E-state index contributed by atoms with van der Waals surface area (Å²) >= 11 is 0. The molecule has 1 fully saturated rings. The molecule has 0 radical (unpaired) electrons. The molecule has 2 nitrogen and oxygen atoms in total. The molecular weight excluding hydrogens is 221 g/mol. The van der Waals surface area contributed by atoms with Crippen molar-refractivity contribution >= 4 is 5.97 Å². The molecule has 86 valence electrons. The van der Waals surface area contributed by atoms with Gasteiger partial charge in [0.25, 0.3) is 0 Å². The van der Waals surface area contributed by atoms with Crippen LogP contribution >= 0.6 is 0 Å². The van der Waals surface area contributed by atoms with Crippen molar-refractivity contribution in [1.29, 1.82) is 0 Å². The average Bonchev–Trinajstić information content (AvgIpc) is 2.95. The third-order valence-corrected chi connectivity index (χ3v) is 2.77. The van der Waals surface area contributed by atoms with Crippen molar-refractivity contribution in [2.45, 2.75) is 18.5 Å². The number of carbonyl (C=O) groups is 1. The van der Waals surface area contributed by atoms with E-state index in [1.807, 2.05) is 0 Å². The van der Waals surface area contributed by atoms with Crippen molar-refractivity contribution in [3.8, 4) is 0 Å². The van der Waals surface area contributed by atoms with Crippen molar-refractivity contribution in [3.63, 3.8) is 0 Å². The zero-order valence-electron chi connectivity index (χ0n) is 8.16. The topological polar surface area (TPSA) is 37.3 Å². The predicted octanol–water partition coefficient (Wildman–Crippen LogP) is 2.89. The van der Waals surface area contributed by atoms with Gasteiger partial charge in [-0.05, 0) is 24.0 Å². The number of rotatable bonds is 2. The first-order valence-electron chi connectivity index (χ1n) is 4.80. The Morgan fingerprint density at radius 3 is 2.44 bits per heavy atom. The van der Waals surface area contributed by atoms with Crippen molar-refractivity contribution in [3.05, 3.63) is 35.4 Å². The van der Waals surface area contributed by atoms with Crippen LogP contribution in [0.25, 0.3) is 0 Å². The number of halogens is 3. The standard InChI is InChI=1S/C11H9F3O2/c12-11(13,14)9-4-2-1-3-6(9)7-5-8(7)10(15)16/h1-4,7-8H,5H2,(H,15,16)/t7-,8-/m0/s1. The summed E-state index contributed by atoms with van der Waals surface area (Å²) < 4.78 is 37.9. The van der Waals surface area contributed by atoms with Crippen LogP contribution in [0.4, 0.5) is 13.2 Å². The number of benzene rings is 1. The lowest BCUT2D eigenvalue weighted by atomic mass is 10.0. The summed E-state index contributed by atoms with van der Waals surface area (Å²) in [6, 6.07) is 5.16. The number of carboxylic acid groups (broad SMARTS) is 1. The van der Waals surface area contributed by atoms with Crippen LogP contribution < -0.4 is 0 Å². The largest absolute Gasteiger partial charge is 0.481 e. The Hall–Kier alpha value is -1.52. The van der Waals surface area contributed by atoms with E-state index in [1.165, 1.54) is 18.2 Å². The number of hydrogen-bond acceptors (Lipinski definition) is 1. The normalized spacial score (nSPS) is 24.2. The lowest BCUT2D eigenvalue weighted by Crippen LogP contribution is -2.09. The van der Waals surface area contributed by atoms with Crippen molar-refractivity contribution in [2.75, 3.05) is 0 Å². The first-order valence-corrected chi connectivity index (χ1v) is 4.80. The molecule has 2 atom stereocenters. The summed E-state index contributed by atoms with van der Waals surface area (Å²) in [5.41, 5.74) is -0.619. The second-order valence-electron chi connectivity index (χ2n) is 3.87. The number of aliphatic carboxylic acids is 1. The Labute approximate surface area is 89.7 Å². The minimum absolute atomic E-state index is 0.0994. The lowest BCUT2D eigenvalue weighted by molar-refractivity contribution is -0.140.